The van der Waals surface area contributed by atoms with Crippen LogP contribution in [0.15, 0.2) is 60.8 Å². The first-order chi connectivity index (χ1) is 18.9. The van der Waals surface area contributed by atoms with E-state index in [2.05, 4.69) is 59.8 Å². The van der Waals surface area contributed by atoms with Crippen LogP contribution in [0.4, 0.5) is 27.9 Å². The van der Waals surface area contributed by atoms with E-state index in [0.717, 1.165) is 11.1 Å². The summed E-state index contributed by atoms with van der Waals surface area (Å²) in [5, 5.41) is 20.3. The molecule has 1 heterocycles. The van der Waals surface area contributed by atoms with Gasteiger partial charge in [0.25, 0.3) is 5.69 Å². The highest BCUT2D eigenvalue weighted by Crippen LogP contribution is 2.37. The molecule has 0 unspecified atom stereocenters. The molecule has 214 valence electrons. The van der Waals surface area contributed by atoms with E-state index in [1.54, 1.807) is 18.3 Å². The molecule has 1 amide bonds. The van der Waals surface area contributed by atoms with Crippen LogP contribution in [0.1, 0.15) is 38.3 Å². The number of nitro benzene ring substituents is 1. The van der Waals surface area contributed by atoms with Crippen LogP contribution in [0.2, 0.25) is 18.1 Å². The number of non-ortho nitro benzene ring substituents is 1. The number of anilines is 3. The fraction of sp³-hybridized carbons (Fsp3) is 0.393. The summed E-state index contributed by atoms with van der Waals surface area (Å²) in [7, 11) is -2.02. The summed E-state index contributed by atoms with van der Waals surface area (Å²) in [4.78, 5) is 31.7. The Morgan fingerprint density at radius 2 is 1.80 bits per heavy atom. The van der Waals surface area contributed by atoms with Crippen molar-refractivity contribution in [3.05, 3.63) is 82.0 Å². The normalized spacial score (nSPS) is 11.5. The van der Waals surface area contributed by atoms with Gasteiger partial charge in [-0.05, 0) is 36.2 Å². The summed E-state index contributed by atoms with van der Waals surface area (Å²) in [5.74, 6) is 0.884. The Morgan fingerprint density at radius 3 is 2.50 bits per heavy atom. The third-order valence-electron chi connectivity index (χ3n) is 6.70. The number of carbonyl (C=O) groups is 1. The zero-order valence-electron chi connectivity index (χ0n) is 23.7. The van der Waals surface area contributed by atoms with Gasteiger partial charge < -0.3 is 25.1 Å². The number of hydrogen-bond donors (Lipinski definition) is 3. The van der Waals surface area contributed by atoms with E-state index in [0.29, 0.717) is 43.6 Å². The Labute approximate surface area is 236 Å². The van der Waals surface area contributed by atoms with Gasteiger partial charge in [0.05, 0.1) is 11.5 Å². The molecule has 3 N–H and O–H groups in total. The van der Waals surface area contributed by atoms with E-state index in [-0.39, 0.29) is 17.3 Å². The minimum atomic E-state index is -2.02. The zero-order valence-corrected chi connectivity index (χ0v) is 24.7. The molecule has 12 heteroatoms. The maximum absolute atomic E-state index is 12.0. The number of nitrogens with zero attached hydrogens (tertiary/aromatic N) is 3. The molecule has 0 aliphatic carbocycles. The summed E-state index contributed by atoms with van der Waals surface area (Å²) in [6.07, 6.45) is 1.85. The molecule has 0 bridgehead atoms. The van der Waals surface area contributed by atoms with Gasteiger partial charge >= 0.3 is 6.09 Å². The third-order valence-corrected chi connectivity index (χ3v) is 11.2. The maximum atomic E-state index is 12.0. The minimum absolute atomic E-state index is 0.0301. The molecule has 0 fully saturated rings. The van der Waals surface area contributed by atoms with Gasteiger partial charge in [0.2, 0.25) is 5.95 Å². The molecular formula is C28H38N6O5Si. The van der Waals surface area contributed by atoms with Gasteiger partial charge in [-0.25, -0.2) is 9.78 Å². The average molecular weight is 567 g/mol. The highest BCUT2D eigenvalue weighted by Gasteiger charge is 2.37. The van der Waals surface area contributed by atoms with E-state index >= 15 is 0 Å². The Kier molecular flexibility index (Phi) is 10.6. The van der Waals surface area contributed by atoms with Crippen LogP contribution in [0.5, 0.6) is 0 Å². The highest BCUT2D eigenvalue weighted by molar-refractivity contribution is 6.74. The lowest BCUT2D eigenvalue weighted by Gasteiger charge is -2.36. The van der Waals surface area contributed by atoms with Crippen molar-refractivity contribution in [3.63, 3.8) is 0 Å². The molecule has 3 aromatic rings. The number of carbonyl (C=O) groups excluding carboxylic acids is 1. The molecule has 0 aliphatic heterocycles. The summed E-state index contributed by atoms with van der Waals surface area (Å²) >= 11 is 0. The van der Waals surface area contributed by atoms with Gasteiger partial charge in [-0.1, -0.05) is 57.2 Å². The van der Waals surface area contributed by atoms with Crippen molar-refractivity contribution in [2.75, 3.05) is 23.7 Å². The Balaban J connectivity index is 1.61. The van der Waals surface area contributed by atoms with Gasteiger partial charge in [0, 0.05) is 42.7 Å². The molecule has 0 saturated carbocycles. The second kappa shape index (κ2) is 13.9. The number of amides is 1. The molecule has 0 atom stereocenters. The first-order valence-electron chi connectivity index (χ1n) is 13.1. The monoisotopic (exact) mass is 566 g/mol. The second-order valence-corrected chi connectivity index (χ2v) is 15.6. The molecule has 40 heavy (non-hydrogen) atoms. The summed E-state index contributed by atoms with van der Waals surface area (Å²) in [6, 6.07) is 15.6. The molecule has 2 aromatic carbocycles. The Bertz CT molecular complexity index is 1280. The van der Waals surface area contributed by atoms with Crippen molar-refractivity contribution in [1.29, 1.82) is 0 Å². The van der Waals surface area contributed by atoms with Gasteiger partial charge in [-0.3, -0.25) is 10.1 Å². The zero-order chi connectivity index (χ0) is 29.2. The number of rotatable bonds is 13. The standard InChI is InChI=1S/C28H38N6O5Si/c1-28(2,3)40(4,5)39-20-22-18-31-26(32-23-13-9-14-24(17-23)34(36)37)33-25(22)29-15-10-16-30-27(35)38-19-21-11-7-6-8-12-21/h6-9,11-14,17-18H,10,15-16,19-20H2,1-5H3,(H,30,35)(H2,29,31,32,33). The van der Waals surface area contributed by atoms with Crippen molar-refractivity contribution in [2.24, 2.45) is 0 Å². The number of aromatic nitrogens is 2. The van der Waals surface area contributed by atoms with Gasteiger partial charge in [0.1, 0.15) is 12.4 Å². The highest BCUT2D eigenvalue weighted by atomic mass is 28.4. The van der Waals surface area contributed by atoms with E-state index < -0.39 is 19.3 Å². The van der Waals surface area contributed by atoms with Crippen LogP contribution in [0.25, 0.3) is 0 Å². The van der Waals surface area contributed by atoms with Crippen molar-refractivity contribution in [2.45, 2.75) is 58.5 Å². The largest absolute Gasteiger partial charge is 0.445 e. The van der Waals surface area contributed by atoms with Crippen LogP contribution >= 0.6 is 0 Å². The topological polar surface area (TPSA) is 141 Å². The number of benzene rings is 2. The smallest absolute Gasteiger partial charge is 0.407 e. The molecule has 0 spiro atoms. The predicted molar refractivity (Wildman–Crippen MR) is 158 cm³/mol. The lowest BCUT2D eigenvalue weighted by Crippen LogP contribution is -2.40. The fourth-order valence-electron chi connectivity index (χ4n) is 3.29. The molecular weight excluding hydrogens is 528 g/mol. The second-order valence-electron chi connectivity index (χ2n) is 10.8. The summed E-state index contributed by atoms with van der Waals surface area (Å²) < 4.78 is 11.6. The van der Waals surface area contributed by atoms with E-state index in [9.17, 15) is 14.9 Å². The molecule has 0 saturated heterocycles. The number of ether oxygens (including phenoxy) is 1. The van der Waals surface area contributed by atoms with Crippen LogP contribution < -0.4 is 16.0 Å². The van der Waals surface area contributed by atoms with E-state index in [4.69, 9.17) is 9.16 Å². The van der Waals surface area contributed by atoms with Crippen molar-refractivity contribution >= 4 is 37.6 Å². The molecule has 11 nitrogen and oxygen atoms in total. The van der Waals surface area contributed by atoms with E-state index in [1.165, 1.54) is 12.1 Å². The Morgan fingerprint density at radius 1 is 1.05 bits per heavy atom. The van der Waals surface area contributed by atoms with Crippen molar-refractivity contribution in [3.8, 4) is 0 Å². The van der Waals surface area contributed by atoms with Crippen LogP contribution in [-0.4, -0.2) is 42.4 Å². The fourth-order valence-corrected chi connectivity index (χ4v) is 4.24. The Hall–Kier alpha value is -4.03. The number of nitro groups is 1. The molecule has 0 radical (unpaired) electrons. The average Bonchev–Trinajstić information content (AvgIpc) is 2.91. The maximum Gasteiger partial charge on any atom is 0.407 e. The van der Waals surface area contributed by atoms with Crippen LogP contribution in [0.3, 0.4) is 0 Å². The lowest BCUT2D eigenvalue weighted by molar-refractivity contribution is -0.384. The van der Waals surface area contributed by atoms with E-state index in [1.807, 2.05) is 30.3 Å². The van der Waals surface area contributed by atoms with Crippen LogP contribution in [0, 0.1) is 10.1 Å². The van der Waals surface area contributed by atoms with Gasteiger partial charge in [-0.2, -0.15) is 4.98 Å². The SMILES string of the molecule is CC(C)(C)[Si](C)(C)OCc1cnc(Nc2cccc([N+](=O)[O-])c2)nc1NCCCNC(=O)OCc1ccccc1. The molecule has 0 aliphatic rings. The summed E-state index contributed by atoms with van der Waals surface area (Å²) in [5.41, 5.74) is 2.19. The predicted octanol–water partition coefficient (Wildman–Crippen LogP) is 6.38. The first-order valence-corrected chi connectivity index (χ1v) is 16.1. The van der Waals surface area contributed by atoms with Crippen molar-refractivity contribution < 1.29 is 18.9 Å². The first kappa shape index (κ1) is 30.5. The summed E-state index contributed by atoms with van der Waals surface area (Å²) in [6.45, 7) is 12.4. The minimum Gasteiger partial charge on any atom is -0.445 e. The molecule has 3 rings (SSSR count). The number of alkyl carbamates (subject to hydrolysis) is 1. The quantitative estimate of drug-likeness (QED) is 0.0930. The van der Waals surface area contributed by atoms with Crippen molar-refractivity contribution in [1.82, 2.24) is 15.3 Å². The lowest BCUT2D eigenvalue weighted by atomic mass is 10.2. The number of hydrogen-bond acceptors (Lipinski definition) is 9. The van der Waals surface area contributed by atoms with Crippen LogP contribution in [-0.2, 0) is 22.4 Å². The van der Waals surface area contributed by atoms with Gasteiger partial charge in [0.15, 0.2) is 8.32 Å². The van der Waals surface area contributed by atoms with Gasteiger partial charge in [-0.15, -0.1) is 0 Å². The number of nitrogens with one attached hydrogen (secondary N) is 3. The molecule has 1 aromatic heterocycles. The third kappa shape index (κ3) is 9.31.